The largest absolute Gasteiger partial charge is 0.489 e. The van der Waals surface area contributed by atoms with E-state index in [4.69, 9.17) is 26.8 Å². The standard InChI is InChI=1S/C10H14ClNO2/c1-7(13-2)6-14-10-4-3-8(11)5-9(10)12/h3-5,7H,6,12H2,1-2H3. The summed E-state index contributed by atoms with van der Waals surface area (Å²) in [5.74, 6) is 0.637. The Morgan fingerprint density at radius 3 is 2.79 bits per heavy atom. The average Bonchev–Trinajstić information content (AvgIpc) is 2.16. The molecule has 4 heteroatoms. The molecular formula is C10H14ClNO2. The van der Waals surface area contributed by atoms with Crippen molar-refractivity contribution in [3.05, 3.63) is 23.2 Å². The van der Waals surface area contributed by atoms with Gasteiger partial charge in [-0.05, 0) is 25.1 Å². The molecule has 1 aromatic rings. The van der Waals surface area contributed by atoms with Crippen LogP contribution in [-0.2, 0) is 4.74 Å². The first-order chi connectivity index (χ1) is 6.63. The van der Waals surface area contributed by atoms with Crippen LogP contribution >= 0.6 is 11.6 Å². The van der Waals surface area contributed by atoms with Gasteiger partial charge < -0.3 is 15.2 Å². The van der Waals surface area contributed by atoms with Crippen LogP contribution in [0.15, 0.2) is 18.2 Å². The molecular weight excluding hydrogens is 202 g/mol. The summed E-state index contributed by atoms with van der Waals surface area (Å²) >= 11 is 5.75. The minimum Gasteiger partial charge on any atom is -0.489 e. The van der Waals surface area contributed by atoms with E-state index in [1.165, 1.54) is 0 Å². The molecule has 0 aliphatic rings. The normalized spacial score (nSPS) is 12.5. The van der Waals surface area contributed by atoms with Gasteiger partial charge in [-0.25, -0.2) is 0 Å². The second-order valence-corrected chi connectivity index (χ2v) is 3.48. The number of rotatable bonds is 4. The van der Waals surface area contributed by atoms with Gasteiger partial charge in [-0.3, -0.25) is 0 Å². The molecule has 0 fully saturated rings. The fourth-order valence-electron chi connectivity index (χ4n) is 0.926. The van der Waals surface area contributed by atoms with Crippen molar-refractivity contribution in [1.29, 1.82) is 0 Å². The summed E-state index contributed by atoms with van der Waals surface area (Å²) in [6.07, 6.45) is 0.0464. The van der Waals surface area contributed by atoms with E-state index in [0.29, 0.717) is 23.1 Å². The minimum absolute atomic E-state index is 0.0464. The molecule has 3 nitrogen and oxygen atoms in total. The van der Waals surface area contributed by atoms with E-state index >= 15 is 0 Å². The lowest BCUT2D eigenvalue weighted by Crippen LogP contribution is -2.16. The molecule has 0 aromatic heterocycles. The molecule has 1 unspecified atom stereocenters. The Bertz CT molecular complexity index is 304. The van der Waals surface area contributed by atoms with E-state index in [2.05, 4.69) is 0 Å². The van der Waals surface area contributed by atoms with Gasteiger partial charge in [0.2, 0.25) is 0 Å². The predicted molar refractivity (Wildman–Crippen MR) is 57.8 cm³/mol. The van der Waals surface area contributed by atoms with Crippen LogP contribution in [-0.4, -0.2) is 19.8 Å². The van der Waals surface area contributed by atoms with Crippen LogP contribution in [0.2, 0.25) is 5.02 Å². The molecule has 0 spiro atoms. The van der Waals surface area contributed by atoms with Crippen LogP contribution < -0.4 is 10.5 Å². The fraction of sp³-hybridized carbons (Fsp3) is 0.400. The summed E-state index contributed by atoms with van der Waals surface area (Å²) < 4.78 is 10.5. The average molecular weight is 216 g/mol. The molecule has 1 aromatic carbocycles. The Labute approximate surface area is 88.8 Å². The Morgan fingerprint density at radius 1 is 1.50 bits per heavy atom. The monoisotopic (exact) mass is 215 g/mol. The van der Waals surface area contributed by atoms with Gasteiger partial charge in [0.1, 0.15) is 12.4 Å². The Kier molecular flexibility index (Phi) is 4.04. The van der Waals surface area contributed by atoms with Gasteiger partial charge >= 0.3 is 0 Å². The maximum atomic E-state index is 5.75. The van der Waals surface area contributed by atoms with Gasteiger partial charge in [0.25, 0.3) is 0 Å². The Morgan fingerprint density at radius 2 is 2.21 bits per heavy atom. The smallest absolute Gasteiger partial charge is 0.142 e. The van der Waals surface area contributed by atoms with Crippen LogP contribution in [0.1, 0.15) is 6.92 Å². The third-order valence-electron chi connectivity index (χ3n) is 1.85. The summed E-state index contributed by atoms with van der Waals surface area (Å²) in [4.78, 5) is 0. The maximum Gasteiger partial charge on any atom is 0.142 e. The number of anilines is 1. The van der Waals surface area contributed by atoms with E-state index in [-0.39, 0.29) is 6.10 Å². The fourth-order valence-corrected chi connectivity index (χ4v) is 1.11. The summed E-state index contributed by atoms with van der Waals surface area (Å²) in [6.45, 7) is 2.40. The van der Waals surface area contributed by atoms with Crippen molar-refractivity contribution < 1.29 is 9.47 Å². The lowest BCUT2D eigenvalue weighted by Gasteiger charge is -2.12. The van der Waals surface area contributed by atoms with Crippen molar-refractivity contribution in [3.63, 3.8) is 0 Å². The molecule has 0 saturated carbocycles. The topological polar surface area (TPSA) is 44.5 Å². The summed E-state index contributed by atoms with van der Waals surface area (Å²) in [5, 5.41) is 0.606. The first kappa shape index (κ1) is 11.1. The predicted octanol–water partition coefficient (Wildman–Crippen LogP) is 2.34. The van der Waals surface area contributed by atoms with Gasteiger partial charge in [0, 0.05) is 12.1 Å². The molecule has 0 amide bonds. The minimum atomic E-state index is 0.0464. The first-order valence-corrected chi connectivity index (χ1v) is 4.72. The quantitative estimate of drug-likeness (QED) is 0.785. The highest BCUT2D eigenvalue weighted by atomic mass is 35.5. The van der Waals surface area contributed by atoms with Crippen LogP contribution in [0.25, 0.3) is 0 Å². The Balaban J connectivity index is 2.59. The molecule has 1 rings (SSSR count). The summed E-state index contributed by atoms with van der Waals surface area (Å²) in [5.41, 5.74) is 6.24. The van der Waals surface area contributed by atoms with Gasteiger partial charge in [-0.2, -0.15) is 0 Å². The summed E-state index contributed by atoms with van der Waals surface area (Å²) in [6, 6.07) is 5.15. The number of hydrogen-bond donors (Lipinski definition) is 1. The van der Waals surface area contributed by atoms with E-state index in [1.807, 2.05) is 6.92 Å². The zero-order valence-electron chi connectivity index (χ0n) is 8.29. The SMILES string of the molecule is COC(C)COc1ccc(Cl)cc1N. The molecule has 0 radical (unpaired) electrons. The van der Waals surface area contributed by atoms with Crippen molar-refractivity contribution in [1.82, 2.24) is 0 Å². The second kappa shape index (κ2) is 5.08. The van der Waals surface area contributed by atoms with Crippen molar-refractivity contribution >= 4 is 17.3 Å². The molecule has 14 heavy (non-hydrogen) atoms. The molecule has 0 heterocycles. The third-order valence-corrected chi connectivity index (χ3v) is 2.08. The molecule has 0 aliphatic heterocycles. The molecule has 0 bridgehead atoms. The zero-order valence-corrected chi connectivity index (χ0v) is 9.04. The second-order valence-electron chi connectivity index (χ2n) is 3.04. The van der Waals surface area contributed by atoms with E-state index < -0.39 is 0 Å². The number of benzene rings is 1. The number of hydrogen-bond acceptors (Lipinski definition) is 3. The highest BCUT2D eigenvalue weighted by Crippen LogP contribution is 2.24. The van der Waals surface area contributed by atoms with Gasteiger partial charge in [0.15, 0.2) is 0 Å². The zero-order chi connectivity index (χ0) is 10.6. The number of halogens is 1. The molecule has 2 N–H and O–H groups in total. The number of ether oxygens (including phenoxy) is 2. The van der Waals surface area contributed by atoms with Crippen molar-refractivity contribution in [2.24, 2.45) is 0 Å². The maximum absolute atomic E-state index is 5.75. The molecule has 78 valence electrons. The van der Waals surface area contributed by atoms with E-state index in [1.54, 1.807) is 25.3 Å². The highest BCUT2D eigenvalue weighted by Gasteiger charge is 2.04. The first-order valence-electron chi connectivity index (χ1n) is 4.34. The summed E-state index contributed by atoms with van der Waals surface area (Å²) in [7, 11) is 1.64. The third kappa shape index (κ3) is 3.09. The lowest BCUT2D eigenvalue weighted by molar-refractivity contribution is 0.0719. The highest BCUT2D eigenvalue weighted by molar-refractivity contribution is 6.30. The van der Waals surface area contributed by atoms with E-state index in [9.17, 15) is 0 Å². The molecule has 0 aliphatic carbocycles. The Hall–Kier alpha value is -0.930. The van der Waals surface area contributed by atoms with Crippen molar-refractivity contribution in [2.75, 3.05) is 19.5 Å². The lowest BCUT2D eigenvalue weighted by atomic mass is 10.3. The van der Waals surface area contributed by atoms with Crippen LogP contribution in [0, 0.1) is 0 Å². The molecule has 0 saturated heterocycles. The van der Waals surface area contributed by atoms with E-state index in [0.717, 1.165) is 0 Å². The van der Waals surface area contributed by atoms with Gasteiger partial charge in [-0.15, -0.1) is 0 Å². The van der Waals surface area contributed by atoms with Crippen LogP contribution in [0.3, 0.4) is 0 Å². The number of methoxy groups -OCH3 is 1. The van der Waals surface area contributed by atoms with Crippen molar-refractivity contribution in [3.8, 4) is 5.75 Å². The van der Waals surface area contributed by atoms with Crippen LogP contribution in [0.5, 0.6) is 5.75 Å². The van der Waals surface area contributed by atoms with Crippen molar-refractivity contribution in [2.45, 2.75) is 13.0 Å². The number of nitrogens with two attached hydrogens (primary N) is 1. The molecule has 1 atom stereocenters. The van der Waals surface area contributed by atoms with Crippen LogP contribution in [0.4, 0.5) is 5.69 Å². The van der Waals surface area contributed by atoms with Gasteiger partial charge in [0.05, 0.1) is 11.8 Å². The van der Waals surface area contributed by atoms with Gasteiger partial charge in [-0.1, -0.05) is 11.6 Å². The number of nitrogen functional groups attached to an aromatic ring is 1.